The summed E-state index contributed by atoms with van der Waals surface area (Å²) >= 11 is 0. The van der Waals surface area contributed by atoms with Crippen LogP contribution in [0.4, 0.5) is 4.39 Å². The van der Waals surface area contributed by atoms with Gasteiger partial charge in [0.05, 0.1) is 12.7 Å². The molecule has 1 aromatic rings. The highest BCUT2D eigenvalue weighted by Crippen LogP contribution is 2.20. The van der Waals surface area contributed by atoms with Crippen LogP contribution in [0.1, 0.15) is 22.0 Å². The highest BCUT2D eigenvalue weighted by molar-refractivity contribution is 5.89. The predicted octanol–water partition coefficient (Wildman–Crippen LogP) is 0.0912. The van der Waals surface area contributed by atoms with Crippen molar-refractivity contribution in [2.24, 2.45) is 0 Å². The summed E-state index contributed by atoms with van der Waals surface area (Å²) in [6.07, 6.45) is -3.86. The molecule has 0 saturated carbocycles. The Kier molecular flexibility index (Phi) is 4.35. The number of rotatable bonds is 4. The number of hydrogen-bond acceptors (Lipinski definition) is 5. The van der Waals surface area contributed by atoms with Crippen LogP contribution in [0.5, 0.6) is 0 Å². The molecule has 0 aromatic heterocycles. The predicted molar refractivity (Wildman–Crippen MR) is 56.3 cm³/mol. The maximum Gasteiger partial charge on any atom is 0.340 e. The number of aliphatic hydroxyl groups is 2. The number of carbonyl (C=O) groups excluding carboxylic acids is 1. The minimum atomic E-state index is -2.08. The van der Waals surface area contributed by atoms with E-state index in [0.29, 0.717) is 0 Å². The van der Waals surface area contributed by atoms with Crippen molar-refractivity contribution in [1.29, 1.82) is 0 Å². The summed E-state index contributed by atoms with van der Waals surface area (Å²) in [5.74, 6) is -3.51. The normalized spacial score (nSPS) is 13.8. The highest BCUT2D eigenvalue weighted by atomic mass is 19.1. The molecule has 3 N–H and O–H groups in total. The van der Waals surface area contributed by atoms with Gasteiger partial charge in [0, 0.05) is 0 Å². The monoisotopic (exact) mass is 258 g/mol. The molecular formula is C11H11FO6. The number of aliphatic hydroxyl groups excluding tert-OH is 2. The van der Waals surface area contributed by atoms with E-state index in [2.05, 4.69) is 4.74 Å². The molecule has 0 fully saturated rings. The largest absolute Gasteiger partial charge is 0.479 e. The minimum Gasteiger partial charge on any atom is -0.479 e. The number of carboxylic acids is 1. The first kappa shape index (κ1) is 14.1. The summed E-state index contributed by atoms with van der Waals surface area (Å²) in [7, 11) is 1.08. The minimum absolute atomic E-state index is 0.157. The number of hydrogen-bond donors (Lipinski definition) is 3. The second kappa shape index (κ2) is 5.56. The number of benzene rings is 1. The van der Waals surface area contributed by atoms with E-state index >= 15 is 0 Å². The lowest BCUT2D eigenvalue weighted by Crippen LogP contribution is -2.27. The van der Waals surface area contributed by atoms with Crippen LogP contribution in [0.15, 0.2) is 18.2 Å². The molecule has 1 aromatic carbocycles. The lowest BCUT2D eigenvalue weighted by Gasteiger charge is -2.14. The summed E-state index contributed by atoms with van der Waals surface area (Å²) in [6, 6.07) is 2.93. The van der Waals surface area contributed by atoms with Gasteiger partial charge in [0.1, 0.15) is 11.9 Å². The van der Waals surface area contributed by atoms with Crippen LogP contribution in [0.2, 0.25) is 0 Å². The Bertz CT molecular complexity index is 473. The fourth-order valence-electron chi connectivity index (χ4n) is 1.31. The van der Waals surface area contributed by atoms with Gasteiger partial charge in [-0.25, -0.2) is 14.0 Å². The number of ether oxygens (including phenoxy) is 1. The topological polar surface area (TPSA) is 104 Å². The zero-order chi connectivity index (χ0) is 13.9. The van der Waals surface area contributed by atoms with Crippen molar-refractivity contribution >= 4 is 11.9 Å². The first-order valence-electron chi connectivity index (χ1n) is 4.85. The van der Waals surface area contributed by atoms with Gasteiger partial charge in [0.2, 0.25) is 0 Å². The van der Waals surface area contributed by atoms with Gasteiger partial charge >= 0.3 is 11.9 Å². The number of esters is 1. The molecule has 1 rings (SSSR count). The Balaban J connectivity index is 3.04. The van der Waals surface area contributed by atoms with Gasteiger partial charge < -0.3 is 20.1 Å². The molecule has 0 amide bonds. The fraction of sp³-hybridized carbons (Fsp3) is 0.273. The van der Waals surface area contributed by atoms with Gasteiger partial charge in [0.15, 0.2) is 6.10 Å². The van der Waals surface area contributed by atoms with E-state index in [0.717, 1.165) is 25.3 Å². The number of carbonyl (C=O) groups is 2. The Hall–Kier alpha value is -1.99. The summed E-state index contributed by atoms with van der Waals surface area (Å²) in [4.78, 5) is 21.5. The Labute approximate surface area is 101 Å². The first-order chi connectivity index (χ1) is 8.38. The molecule has 0 aliphatic rings. The van der Waals surface area contributed by atoms with E-state index in [-0.39, 0.29) is 11.1 Å². The molecule has 0 aliphatic carbocycles. The fourth-order valence-corrected chi connectivity index (χ4v) is 1.31. The summed E-state index contributed by atoms with van der Waals surface area (Å²) < 4.78 is 17.8. The van der Waals surface area contributed by atoms with E-state index in [1.807, 2.05) is 0 Å². The van der Waals surface area contributed by atoms with Crippen LogP contribution >= 0.6 is 0 Å². The van der Waals surface area contributed by atoms with Crippen molar-refractivity contribution in [2.45, 2.75) is 12.2 Å². The van der Waals surface area contributed by atoms with Crippen molar-refractivity contribution in [2.75, 3.05) is 7.11 Å². The molecule has 98 valence electrons. The van der Waals surface area contributed by atoms with Crippen molar-refractivity contribution in [3.05, 3.63) is 35.1 Å². The van der Waals surface area contributed by atoms with Crippen LogP contribution in [-0.4, -0.2) is 40.5 Å². The first-order valence-corrected chi connectivity index (χ1v) is 4.85. The lowest BCUT2D eigenvalue weighted by molar-refractivity contribution is -0.153. The number of halogens is 1. The summed E-state index contributed by atoms with van der Waals surface area (Å²) in [6.45, 7) is 0. The van der Waals surface area contributed by atoms with Gasteiger partial charge in [0.25, 0.3) is 0 Å². The SMILES string of the molecule is COC(=O)c1ccc(C(O)C(O)C(=O)O)cc1F. The lowest BCUT2D eigenvalue weighted by atomic mass is 10.0. The van der Waals surface area contributed by atoms with Crippen molar-refractivity contribution in [1.82, 2.24) is 0 Å². The third-order valence-corrected chi connectivity index (χ3v) is 2.29. The molecular weight excluding hydrogens is 247 g/mol. The van der Waals surface area contributed by atoms with Crippen molar-refractivity contribution in [3.8, 4) is 0 Å². The molecule has 0 spiro atoms. The van der Waals surface area contributed by atoms with Crippen molar-refractivity contribution in [3.63, 3.8) is 0 Å². The van der Waals surface area contributed by atoms with E-state index < -0.39 is 30.0 Å². The molecule has 0 bridgehead atoms. The molecule has 2 atom stereocenters. The van der Waals surface area contributed by atoms with Gasteiger partial charge in [-0.1, -0.05) is 6.07 Å². The van der Waals surface area contributed by atoms with Gasteiger partial charge in [-0.2, -0.15) is 0 Å². The number of methoxy groups -OCH3 is 1. The third-order valence-electron chi connectivity index (χ3n) is 2.29. The standard InChI is InChI=1S/C11H11FO6/c1-18-11(17)6-3-2-5(4-7(6)12)8(13)9(14)10(15)16/h2-4,8-9,13-14H,1H3,(H,15,16). The maximum atomic E-state index is 13.5. The Morgan fingerprint density at radius 1 is 1.33 bits per heavy atom. The van der Waals surface area contributed by atoms with E-state index in [1.165, 1.54) is 0 Å². The average molecular weight is 258 g/mol. The van der Waals surface area contributed by atoms with Gasteiger partial charge in [-0.15, -0.1) is 0 Å². The smallest absolute Gasteiger partial charge is 0.340 e. The molecule has 0 radical (unpaired) electrons. The number of aliphatic carboxylic acids is 1. The van der Waals surface area contributed by atoms with E-state index in [1.54, 1.807) is 0 Å². The van der Waals surface area contributed by atoms with Crippen molar-refractivity contribution < 1.29 is 34.0 Å². The van der Waals surface area contributed by atoms with Crippen LogP contribution in [0, 0.1) is 5.82 Å². The molecule has 7 heteroatoms. The molecule has 6 nitrogen and oxygen atoms in total. The summed E-state index contributed by atoms with van der Waals surface area (Å²) in [5, 5.41) is 27.0. The summed E-state index contributed by atoms with van der Waals surface area (Å²) in [5.41, 5.74) is -0.506. The number of carboxylic acid groups (broad SMARTS) is 1. The average Bonchev–Trinajstić information content (AvgIpc) is 2.35. The molecule has 0 aliphatic heterocycles. The van der Waals surface area contributed by atoms with E-state index in [4.69, 9.17) is 10.2 Å². The zero-order valence-corrected chi connectivity index (χ0v) is 9.33. The quantitative estimate of drug-likeness (QED) is 0.661. The Morgan fingerprint density at radius 2 is 1.94 bits per heavy atom. The molecule has 0 heterocycles. The van der Waals surface area contributed by atoms with Crippen LogP contribution in [0.25, 0.3) is 0 Å². The van der Waals surface area contributed by atoms with E-state index in [9.17, 15) is 19.1 Å². The zero-order valence-electron chi connectivity index (χ0n) is 9.33. The van der Waals surface area contributed by atoms with Crippen LogP contribution < -0.4 is 0 Å². The second-order valence-electron chi connectivity index (χ2n) is 3.46. The molecule has 0 saturated heterocycles. The molecule has 2 unspecified atom stereocenters. The van der Waals surface area contributed by atoms with Gasteiger partial charge in [-0.05, 0) is 17.7 Å². The van der Waals surface area contributed by atoms with Crippen LogP contribution in [-0.2, 0) is 9.53 Å². The highest BCUT2D eigenvalue weighted by Gasteiger charge is 2.26. The van der Waals surface area contributed by atoms with Gasteiger partial charge in [-0.3, -0.25) is 0 Å². The Morgan fingerprint density at radius 3 is 2.39 bits per heavy atom. The van der Waals surface area contributed by atoms with Crippen LogP contribution in [0.3, 0.4) is 0 Å². The third kappa shape index (κ3) is 2.82. The second-order valence-corrected chi connectivity index (χ2v) is 3.46. The maximum absolute atomic E-state index is 13.5. The molecule has 18 heavy (non-hydrogen) atoms.